The van der Waals surface area contributed by atoms with Crippen LogP contribution >= 0.6 is 0 Å². The summed E-state index contributed by atoms with van der Waals surface area (Å²) in [6.45, 7) is 1.40. The zero-order chi connectivity index (χ0) is 12.4. The van der Waals surface area contributed by atoms with Crippen LogP contribution in [0.2, 0.25) is 0 Å². The minimum atomic E-state index is -1.16. The monoisotopic (exact) mass is 237 g/mol. The van der Waals surface area contributed by atoms with Crippen LogP contribution in [0.5, 0.6) is 0 Å². The van der Waals surface area contributed by atoms with Gasteiger partial charge in [0, 0.05) is 26.3 Å². The van der Waals surface area contributed by atoms with E-state index in [1.807, 2.05) is 0 Å². The van der Waals surface area contributed by atoms with Gasteiger partial charge in [0.25, 0.3) is 5.91 Å². The number of carbonyl (C=O) groups is 2. The first kappa shape index (κ1) is 11.6. The molecule has 0 unspecified atom stereocenters. The Balaban J connectivity index is 2.26. The molecule has 92 valence electrons. The summed E-state index contributed by atoms with van der Waals surface area (Å²) in [5, 5.41) is 12.8. The average molecular weight is 237 g/mol. The number of carbonyl (C=O) groups excluding carboxylic acids is 1. The normalized spacial score (nSPS) is 15.9. The lowest BCUT2D eigenvalue weighted by molar-refractivity contribution is 0.0661. The van der Waals surface area contributed by atoms with Gasteiger partial charge in [-0.15, -0.1) is 0 Å². The molecule has 1 amide bonds. The number of carboxylic acid groups (broad SMARTS) is 1. The Morgan fingerprint density at radius 3 is 2.53 bits per heavy atom. The zero-order valence-corrected chi connectivity index (χ0v) is 9.72. The van der Waals surface area contributed by atoms with Crippen LogP contribution < -0.4 is 0 Å². The van der Waals surface area contributed by atoms with Gasteiger partial charge in [0.2, 0.25) is 0 Å². The highest BCUT2D eigenvalue weighted by molar-refractivity contribution is 6.03. The van der Waals surface area contributed by atoms with Crippen LogP contribution in [-0.4, -0.2) is 44.8 Å². The summed E-state index contributed by atoms with van der Waals surface area (Å²) in [6, 6.07) is 0. The molecule has 0 aromatic carbocycles. The molecule has 0 saturated carbocycles. The molecule has 1 saturated heterocycles. The molecule has 1 aromatic rings. The number of aryl methyl sites for hydroxylation is 1. The minimum Gasteiger partial charge on any atom is -0.476 e. The van der Waals surface area contributed by atoms with Gasteiger partial charge in [0.1, 0.15) is 0 Å². The molecule has 17 heavy (non-hydrogen) atoms. The van der Waals surface area contributed by atoms with Crippen LogP contribution in [0.1, 0.15) is 40.1 Å². The van der Waals surface area contributed by atoms with E-state index in [1.165, 1.54) is 10.9 Å². The summed E-state index contributed by atoms with van der Waals surface area (Å²) in [5.74, 6) is -1.39. The lowest BCUT2D eigenvalue weighted by Gasteiger charge is -2.26. The van der Waals surface area contributed by atoms with Crippen LogP contribution in [0.15, 0.2) is 6.20 Å². The summed E-state index contributed by atoms with van der Waals surface area (Å²) in [6.07, 6.45) is 4.56. The molecule has 0 aliphatic carbocycles. The number of hydrogen-bond acceptors (Lipinski definition) is 3. The van der Waals surface area contributed by atoms with Crippen LogP contribution in [0.25, 0.3) is 0 Å². The number of hydrogen-bond donors (Lipinski definition) is 1. The topological polar surface area (TPSA) is 75.4 Å². The smallest absolute Gasteiger partial charge is 0.357 e. The summed E-state index contributed by atoms with van der Waals surface area (Å²) < 4.78 is 1.36. The summed E-state index contributed by atoms with van der Waals surface area (Å²) in [5.41, 5.74) is 0.0185. The second kappa shape index (κ2) is 4.57. The molecule has 1 aromatic heterocycles. The van der Waals surface area contributed by atoms with Crippen molar-refractivity contribution in [3.8, 4) is 0 Å². The quantitative estimate of drug-likeness (QED) is 0.823. The van der Waals surface area contributed by atoms with Gasteiger partial charge in [-0.1, -0.05) is 0 Å². The first-order valence-corrected chi connectivity index (χ1v) is 5.66. The van der Waals surface area contributed by atoms with E-state index in [4.69, 9.17) is 5.11 Å². The number of nitrogens with zero attached hydrogens (tertiary/aromatic N) is 3. The maximum absolute atomic E-state index is 12.1. The molecule has 2 heterocycles. The Morgan fingerprint density at radius 2 is 1.94 bits per heavy atom. The van der Waals surface area contributed by atoms with Gasteiger partial charge < -0.3 is 10.0 Å². The highest BCUT2D eigenvalue weighted by Crippen LogP contribution is 2.15. The third-order valence-electron chi connectivity index (χ3n) is 2.91. The van der Waals surface area contributed by atoms with Gasteiger partial charge >= 0.3 is 5.97 Å². The van der Waals surface area contributed by atoms with E-state index in [0.717, 1.165) is 19.3 Å². The maximum Gasteiger partial charge on any atom is 0.357 e. The van der Waals surface area contributed by atoms with Gasteiger partial charge in [-0.2, -0.15) is 5.10 Å². The van der Waals surface area contributed by atoms with Gasteiger partial charge in [-0.25, -0.2) is 4.79 Å². The Bertz CT molecular complexity index is 447. The van der Waals surface area contributed by atoms with Crippen molar-refractivity contribution in [2.24, 2.45) is 7.05 Å². The Kier molecular flexibility index (Phi) is 3.12. The minimum absolute atomic E-state index is 0.164. The van der Waals surface area contributed by atoms with E-state index in [9.17, 15) is 9.59 Å². The molecule has 6 nitrogen and oxygen atoms in total. The van der Waals surface area contributed by atoms with Gasteiger partial charge in [-0.3, -0.25) is 9.48 Å². The van der Waals surface area contributed by atoms with E-state index in [-0.39, 0.29) is 17.2 Å². The lowest BCUT2D eigenvalue weighted by atomic mass is 10.1. The number of piperidine rings is 1. The first-order chi connectivity index (χ1) is 8.09. The van der Waals surface area contributed by atoms with E-state index in [1.54, 1.807) is 11.9 Å². The third kappa shape index (κ3) is 2.30. The Hall–Kier alpha value is -1.85. The molecular formula is C11H15N3O3. The lowest BCUT2D eigenvalue weighted by Crippen LogP contribution is -2.36. The van der Waals surface area contributed by atoms with E-state index in [0.29, 0.717) is 13.1 Å². The van der Waals surface area contributed by atoms with E-state index in [2.05, 4.69) is 5.10 Å². The number of rotatable bonds is 2. The standard InChI is InChI=1S/C11H15N3O3/c1-13-7-8(9(12-13)11(16)17)10(15)14-5-3-2-4-6-14/h7H,2-6H2,1H3,(H,16,17). The highest BCUT2D eigenvalue weighted by Gasteiger charge is 2.25. The molecule has 6 heteroatoms. The molecule has 0 spiro atoms. The fourth-order valence-corrected chi connectivity index (χ4v) is 2.07. The molecule has 2 rings (SSSR count). The predicted octanol–water partition coefficient (Wildman–Crippen LogP) is 0.744. The number of aromatic carboxylic acids is 1. The van der Waals surface area contributed by atoms with Crippen molar-refractivity contribution >= 4 is 11.9 Å². The molecular weight excluding hydrogens is 222 g/mol. The fraction of sp³-hybridized carbons (Fsp3) is 0.545. The van der Waals surface area contributed by atoms with E-state index >= 15 is 0 Å². The van der Waals surface area contributed by atoms with Crippen molar-refractivity contribution in [1.82, 2.24) is 14.7 Å². The molecule has 0 bridgehead atoms. The van der Waals surface area contributed by atoms with Crippen LogP contribution in [0, 0.1) is 0 Å². The van der Waals surface area contributed by atoms with Gasteiger partial charge in [0.15, 0.2) is 5.69 Å². The molecule has 0 atom stereocenters. The number of carboxylic acids is 1. The Labute approximate surface area is 98.8 Å². The number of amides is 1. The summed E-state index contributed by atoms with van der Waals surface area (Å²) in [4.78, 5) is 24.8. The third-order valence-corrected chi connectivity index (χ3v) is 2.91. The van der Waals surface area contributed by atoms with Crippen molar-refractivity contribution in [2.75, 3.05) is 13.1 Å². The SMILES string of the molecule is Cn1cc(C(=O)N2CCCCC2)c(C(=O)O)n1. The van der Waals surface area contributed by atoms with Crippen LogP contribution in [-0.2, 0) is 7.05 Å². The van der Waals surface area contributed by atoms with Crippen molar-refractivity contribution in [2.45, 2.75) is 19.3 Å². The molecule has 1 aliphatic heterocycles. The van der Waals surface area contributed by atoms with Crippen molar-refractivity contribution < 1.29 is 14.7 Å². The predicted molar refractivity (Wildman–Crippen MR) is 59.9 cm³/mol. The number of likely N-dealkylation sites (tertiary alicyclic amines) is 1. The summed E-state index contributed by atoms with van der Waals surface area (Å²) in [7, 11) is 1.61. The zero-order valence-electron chi connectivity index (χ0n) is 9.72. The second-order valence-corrected chi connectivity index (χ2v) is 4.22. The van der Waals surface area contributed by atoms with Crippen LogP contribution in [0.3, 0.4) is 0 Å². The summed E-state index contributed by atoms with van der Waals surface area (Å²) >= 11 is 0. The van der Waals surface area contributed by atoms with Crippen molar-refractivity contribution in [1.29, 1.82) is 0 Å². The van der Waals surface area contributed by atoms with E-state index < -0.39 is 5.97 Å². The van der Waals surface area contributed by atoms with Crippen molar-refractivity contribution in [3.05, 3.63) is 17.5 Å². The molecule has 0 radical (unpaired) electrons. The van der Waals surface area contributed by atoms with Crippen molar-refractivity contribution in [3.63, 3.8) is 0 Å². The Morgan fingerprint density at radius 1 is 1.29 bits per heavy atom. The maximum atomic E-state index is 12.1. The van der Waals surface area contributed by atoms with Gasteiger partial charge in [-0.05, 0) is 19.3 Å². The number of aromatic nitrogens is 2. The van der Waals surface area contributed by atoms with Crippen LogP contribution in [0.4, 0.5) is 0 Å². The molecule has 1 aliphatic rings. The largest absolute Gasteiger partial charge is 0.476 e. The van der Waals surface area contributed by atoms with Gasteiger partial charge in [0.05, 0.1) is 5.56 Å². The first-order valence-electron chi connectivity index (χ1n) is 5.66. The molecule has 1 N–H and O–H groups in total. The highest BCUT2D eigenvalue weighted by atomic mass is 16.4. The second-order valence-electron chi connectivity index (χ2n) is 4.22. The average Bonchev–Trinajstić information content (AvgIpc) is 2.72. The molecule has 1 fully saturated rings. The fourth-order valence-electron chi connectivity index (χ4n) is 2.07.